The third kappa shape index (κ3) is 2.55. The Kier molecular flexibility index (Phi) is 3.56. The van der Waals surface area contributed by atoms with Crippen molar-refractivity contribution in [2.45, 2.75) is 39.2 Å². The molecule has 0 saturated carbocycles. The number of cyclic esters (lactones) is 1. The standard InChI is InChI=1S/C17H17ClN2O3/c1-9-5-12(20-8-11(18)7-19-20)6-10(2)13(9)14-15(21)17(3,4)23-16(14)22/h5-8,14H,1-4H3. The number of aryl methyl sites for hydroxylation is 2. The number of halogens is 1. The lowest BCUT2D eigenvalue weighted by atomic mass is 9.84. The van der Waals surface area contributed by atoms with Crippen molar-refractivity contribution < 1.29 is 14.3 Å². The number of carbonyl (C=O) groups is 2. The third-order valence-corrected chi connectivity index (χ3v) is 4.32. The van der Waals surface area contributed by atoms with Gasteiger partial charge in [-0.25, -0.2) is 4.68 Å². The second kappa shape index (κ2) is 5.20. The molecule has 2 aromatic rings. The van der Waals surface area contributed by atoms with Gasteiger partial charge in [0.2, 0.25) is 0 Å². The summed E-state index contributed by atoms with van der Waals surface area (Å²) in [4.78, 5) is 24.7. The largest absolute Gasteiger partial charge is 0.451 e. The van der Waals surface area contributed by atoms with Crippen LogP contribution in [0.4, 0.5) is 0 Å². The minimum Gasteiger partial charge on any atom is -0.451 e. The topological polar surface area (TPSA) is 61.2 Å². The van der Waals surface area contributed by atoms with Gasteiger partial charge >= 0.3 is 5.97 Å². The van der Waals surface area contributed by atoms with Gasteiger partial charge in [0.15, 0.2) is 11.4 Å². The zero-order valence-corrected chi connectivity index (χ0v) is 14.1. The van der Waals surface area contributed by atoms with E-state index in [0.29, 0.717) is 10.6 Å². The summed E-state index contributed by atoms with van der Waals surface area (Å²) in [5.74, 6) is -1.55. The van der Waals surface area contributed by atoms with Crippen molar-refractivity contribution in [1.29, 1.82) is 0 Å². The number of esters is 1. The van der Waals surface area contributed by atoms with E-state index in [0.717, 1.165) is 16.8 Å². The van der Waals surface area contributed by atoms with Gasteiger partial charge in [-0.15, -0.1) is 0 Å². The Bertz CT molecular complexity index is 800. The molecule has 0 spiro atoms. The highest BCUT2D eigenvalue weighted by Crippen LogP contribution is 2.37. The van der Waals surface area contributed by atoms with Gasteiger partial charge in [0.1, 0.15) is 5.92 Å². The lowest BCUT2D eigenvalue weighted by Gasteiger charge is -2.16. The van der Waals surface area contributed by atoms with Crippen LogP contribution in [-0.4, -0.2) is 27.1 Å². The summed E-state index contributed by atoms with van der Waals surface area (Å²) in [6.07, 6.45) is 3.26. The molecule has 1 aliphatic rings. The summed E-state index contributed by atoms with van der Waals surface area (Å²) in [7, 11) is 0. The molecule has 1 unspecified atom stereocenters. The highest BCUT2D eigenvalue weighted by Gasteiger charge is 2.50. The molecule has 23 heavy (non-hydrogen) atoms. The molecule has 0 amide bonds. The molecular weight excluding hydrogens is 316 g/mol. The SMILES string of the molecule is Cc1cc(-n2cc(Cl)cn2)cc(C)c1C1C(=O)OC(C)(C)C1=O. The lowest BCUT2D eigenvalue weighted by Crippen LogP contribution is -2.29. The van der Waals surface area contributed by atoms with Crippen molar-refractivity contribution in [3.05, 3.63) is 46.2 Å². The molecule has 1 aromatic carbocycles. The number of Topliss-reactive ketones (excluding diaryl/α,β-unsaturated/α-hetero) is 1. The highest BCUT2D eigenvalue weighted by atomic mass is 35.5. The fraction of sp³-hybridized carbons (Fsp3) is 0.353. The predicted octanol–water partition coefficient (Wildman–Crippen LogP) is 3.13. The summed E-state index contributed by atoms with van der Waals surface area (Å²) >= 11 is 5.91. The van der Waals surface area contributed by atoms with E-state index in [9.17, 15) is 9.59 Å². The summed E-state index contributed by atoms with van der Waals surface area (Å²) in [5.41, 5.74) is 2.16. The first-order chi connectivity index (χ1) is 10.7. The number of ether oxygens (including phenoxy) is 1. The minimum absolute atomic E-state index is 0.205. The van der Waals surface area contributed by atoms with Gasteiger partial charge in [-0.05, 0) is 56.5 Å². The average molecular weight is 333 g/mol. The Hall–Kier alpha value is -2.14. The molecule has 120 valence electrons. The first kappa shape index (κ1) is 15.7. The highest BCUT2D eigenvalue weighted by molar-refractivity contribution is 6.30. The summed E-state index contributed by atoms with van der Waals surface area (Å²) < 4.78 is 6.89. The Morgan fingerprint density at radius 1 is 1.22 bits per heavy atom. The molecule has 1 aromatic heterocycles. The monoisotopic (exact) mass is 332 g/mol. The second-order valence-corrected chi connectivity index (χ2v) is 6.76. The maximum atomic E-state index is 12.5. The molecular formula is C17H17ClN2O3. The zero-order chi connectivity index (χ0) is 16.9. The van der Waals surface area contributed by atoms with Crippen LogP contribution in [0.15, 0.2) is 24.5 Å². The molecule has 0 aliphatic carbocycles. The van der Waals surface area contributed by atoms with E-state index in [1.165, 1.54) is 0 Å². The first-order valence-electron chi connectivity index (χ1n) is 7.29. The van der Waals surface area contributed by atoms with Crippen LogP contribution in [0, 0.1) is 13.8 Å². The van der Waals surface area contributed by atoms with E-state index >= 15 is 0 Å². The molecule has 2 heterocycles. The van der Waals surface area contributed by atoms with Gasteiger partial charge in [0.05, 0.1) is 16.9 Å². The minimum atomic E-state index is -1.07. The van der Waals surface area contributed by atoms with E-state index in [4.69, 9.17) is 16.3 Å². The lowest BCUT2D eigenvalue weighted by molar-refractivity contribution is -0.148. The molecule has 0 radical (unpaired) electrons. The van der Waals surface area contributed by atoms with Gasteiger partial charge in [-0.3, -0.25) is 9.59 Å². The first-order valence-corrected chi connectivity index (χ1v) is 7.67. The number of hydrogen-bond donors (Lipinski definition) is 0. The van der Waals surface area contributed by atoms with Crippen molar-refractivity contribution in [3.63, 3.8) is 0 Å². The van der Waals surface area contributed by atoms with Crippen LogP contribution in [0.2, 0.25) is 5.02 Å². The molecule has 1 fully saturated rings. The van der Waals surface area contributed by atoms with Crippen molar-refractivity contribution >= 4 is 23.4 Å². The van der Waals surface area contributed by atoms with E-state index < -0.39 is 17.5 Å². The maximum absolute atomic E-state index is 12.5. The quantitative estimate of drug-likeness (QED) is 0.626. The molecule has 3 rings (SSSR count). The Labute approximate surface area is 139 Å². The molecule has 6 heteroatoms. The number of hydrogen-bond acceptors (Lipinski definition) is 4. The van der Waals surface area contributed by atoms with Crippen LogP contribution in [0.3, 0.4) is 0 Å². The van der Waals surface area contributed by atoms with Crippen LogP contribution in [0.5, 0.6) is 0 Å². The maximum Gasteiger partial charge on any atom is 0.322 e. The van der Waals surface area contributed by atoms with Gasteiger partial charge in [-0.1, -0.05) is 11.6 Å². The van der Waals surface area contributed by atoms with E-state index in [2.05, 4.69) is 5.10 Å². The molecule has 0 N–H and O–H groups in total. The van der Waals surface area contributed by atoms with Crippen molar-refractivity contribution in [2.75, 3.05) is 0 Å². The number of ketones is 1. The summed E-state index contributed by atoms with van der Waals surface area (Å²) in [6, 6.07) is 3.77. The molecule has 1 saturated heterocycles. The molecule has 1 aliphatic heterocycles. The summed E-state index contributed by atoms with van der Waals surface area (Å²) in [6.45, 7) is 7.00. The van der Waals surface area contributed by atoms with E-state index in [1.807, 2.05) is 26.0 Å². The van der Waals surface area contributed by atoms with Crippen LogP contribution in [-0.2, 0) is 14.3 Å². The van der Waals surface area contributed by atoms with Crippen LogP contribution in [0.25, 0.3) is 5.69 Å². The Balaban J connectivity index is 2.08. The van der Waals surface area contributed by atoms with Crippen molar-refractivity contribution in [3.8, 4) is 5.69 Å². The Morgan fingerprint density at radius 2 is 1.83 bits per heavy atom. The van der Waals surface area contributed by atoms with Crippen molar-refractivity contribution in [1.82, 2.24) is 9.78 Å². The number of aromatic nitrogens is 2. The number of carbonyl (C=O) groups excluding carboxylic acids is 2. The molecule has 1 atom stereocenters. The fourth-order valence-electron chi connectivity index (χ4n) is 3.05. The van der Waals surface area contributed by atoms with Crippen molar-refractivity contribution in [2.24, 2.45) is 0 Å². The number of nitrogens with zero attached hydrogens (tertiary/aromatic N) is 2. The van der Waals surface area contributed by atoms with Gasteiger partial charge in [-0.2, -0.15) is 5.10 Å². The van der Waals surface area contributed by atoms with Gasteiger partial charge < -0.3 is 4.74 Å². The van der Waals surface area contributed by atoms with Gasteiger partial charge in [0, 0.05) is 6.20 Å². The molecule has 0 bridgehead atoms. The van der Waals surface area contributed by atoms with E-state index in [-0.39, 0.29) is 5.78 Å². The Morgan fingerprint density at radius 3 is 2.26 bits per heavy atom. The van der Waals surface area contributed by atoms with Gasteiger partial charge in [0.25, 0.3) is 0 Å². The average Bonchev–Trinajstić information content (AvgIpc) is 2.94. The number of rotatable bonds is 2. The van der Waals surface area contributed by atoms with Crippen LogP contribution >= 0.6 is 11.6 Å². The molecule has 5 nitrogen and oxygen atoms in total. The third-order valence-electron chi connectivity index (χ3n) is 4.13. The number of benzene rings is 1. The van der Waals surface area contributed by atoms with Crippen LogP contribution < -0.4 is 0 Å². The zero-order valence-electron chi connectivity index (χ0n) is 13.4. The predicted molar refractivity (Wildman–Crippen MR) is 86.0 cm³/mol. The smallest absolute Gasteiger partial charge is 0.322 e. The van der Waals surface area contributed by atoms with Crippen LogP contribution in [0.1, 0.15) is 36.5 Å². The fourth-order valence-corrected chi connectivity index (χ4v) is 3.18. The second-order valence-electron chi connectivity index (χ2n) is 6.33. The summed E-state index contributed by atoms with van der Waals surface area (Å²) in [5, 5.41) is 4.72. The normalized spacial score (nSPS) is 20.0. The van der Waals surface area contributed by atoms with E-state index in [1.54, 1.807) is 30.9 Å².